The van der Waals surface area contributed by atoms with Crippen molar-refractivity contribution in [3.05, 3.63) is 56.5 Å². The van der Waals surface area contributed by atoms with E-state index in [9.17, 15) is 14.0 Å². The first-order valence-corrected chi connectivity index (χ1v) is 12.0. The second-order valence-electron chi connectivity index (χ2n) is 8.57. The molecular weight excluding hydrogens is 546 g/mol. The van der Waals surface area contributed by atoms with Crippen molar-refractivity contribution in [3.8, 4) is 0 Å². The number of hydrogen-bond donors (Lipinski definition) is 2. The van der Waals surface area contributed by atoms with Gasteiger partial charge in [-0.15, -0.1) is 0 Å². The molecule has 1 saturated carbocycles. The van der Waals surface area contributed by atoms with Gasteiger partial charge in [0.05, 0.1) is 21.6 Å². The number of rotatable bonds is 3. The first-order valence-electron chi connectivity index (χ1n) is 10.6. The highest BCUT2D eigenvalue weighted by Crippen LogP contribution is 2.47. The van der Waals surface area contributed by atoms with Gasteiger partial charge in [-0.2, -0.15) is 5.10 Å². The standard InChI is InChI=1S/C23H21ClFIN4O2/c24-15-12-13(25)4-5-18(15)30-11-10-23(22(30)32)8-6-14(7-9-23)27-21(31)20-19-16(26)2-1-3-17(19)28-29-20/h1-5,12,14H,6-11H2,(H,27,31)(H,28,29). The van der Waals surface area contributed by atoms with Gasteiger partial charge < -0.3 is 10.2 Å². The Balaban J connectivity index is 1.26. The first kappa shape index (κ1) is 21.6. The maximum absolute atomic E-state index is 13.4. The number of nitrogens with zero attached hydrogens (tertiary/aromatic N) is 2. The molecule has 2 N–H and O–H groups in total. The van der Waals surface area contributed by atoms with Gasteiger partial charge in [0.25, 0.3) is 5.91 Å². The zero-order valence-electron chi connectivity index (χ0n) is 17.1. The number of anilines is 1. The number of amides is 2. The van der Waals surface area contributed by atoms with Gasteiger partial charge in [0, 0.05) is 21.5 Å². The first-order chi connectivity index (χ1) is 15.4. The molecule has 9 heteroatoms. The lowest BCUT2D eigenvalue weighted by Crippen LogP contribution is -2.44. The van der Waals surface area contributed by atoms with Crippen molar-refractivity contribution in [3.63, 3.8) is 0 Å². The van der Waals surface area contributed by atoms with E-state index in [0.29, 0.717) is 30.8 Å². The summed E-state index contributed by atoms with van der Waals surface area (Å²) in [5, 5.41) is 11.3. The minimum atomic E-state index is -0.437. The molecule has 1 aromatic heterocycles. The number of aromatic nitrogens is 2. The van der Waals surface area contributed by atoms with Gasteiger partial charge in [-0.25, -0.2) is 4.39 Å². The van der Waals surface area contributed by atoms with Crippen molar-refractivity contribution in [2.75, 3.05) is 11.4 Å². The van der Waals surface area contributed by atoms with Crippen LogP contribution in [0, 0.1) is 14.8 Å². The van der Waals surface area contributed by atoms with Crippen LogP contribution >= 0.6 is 34.2 Å². The number of hydrogen-bond acceptors (Lipinski definition) is 3. The predicted octanol–water partition coefficient (Wildman–Crippen LogP) is 5.06. The summed E-state index contributed by atoms with van der Waals surface area (Å²) in [6.07, 6.45) is 3.59. The molecule has 1 spiro atoms. The summed E-state index contributed by atoms with van der Waals surface area (Å²) in [5.74, 6) is -0.571. The molecule has 2 aromatic carbocycles. The number of carbonyl (C=O) groups is 2. The molecule has 1 saturated heterocycles. The summed E-state index contributed by atoms with van der Waals surface area (Å²) in [6.45, 7) is 0.568. The number of carbonyl (C=O) groups excluding carboxylic acids is 2. The second-order valence-corrected chi connectivity index (χ2v) is 10.1. The Morgan fingerprint density at radius 2 is 2.03 bits per heavy atom. The molecule has 5 rings (SSSR count). The third kappa shape index (κ3) is 3.67. The van der Waals surface area contributed by atoms with Crippen molar-refractivity contribution in [2.45, 2.75) is 38.1 Å². The van der Waals surface area contributed by atoms with Crippen LogP contribution in [0.5, 0.6) is 0 Å². The van der Waals surface area contributed by atoms with Crippen molar-refractivity contribution < 1.29 is 14.0 Å². The zero-order chi connectivity index (χ0) is 22.5. The maximum atomic E-state index is 13.4. The number of halogens is 3. The Morgan fingerprint density at radius 1 is 1.25 bits per heavy atom. The Hall–Kier alpha value is -2.20. The van der Waals surface area contributed by atoms with Gasteiger partial charge in [0.15, 0.2) is 5.69 Å². The van der Waals surface area contributed by atoms with Crippen molar-refractivity contribution in [1.29, 1.82) is 0 Å². The lowest BCUT2D eigenvalue weighted by Gasteiger charge is -2.36. The van der Waals surface area contributed by atoms with Crippen molar-refractivity contribution in [1.82, 2.24) is 15.5 Å². The van der Waals surface area contributed by atoms with E-state index in [1.54, 1.807) is 11.0 Å². The molecule has 32 heavy (non-hydrogen) atoms. The van der Waals surface area contributed by atoms with Crippen molar-refractivity contribution >= 4 is 62.6 Å². The Morgan fingerprint density at radius 3 is 2.78 bits per heavy atom. The molecule has 6 nitrogen and oxygen atoms in total. The molecule has 0 radical (unpaired) electrons. The number of aromatic amines is 1. The molecule has 166 valence electrons. The van der Waals surface area contributed by atoms with Gasteiger partial charge in [-0.1, -0.05) is 17.7 Å². The highest BCUT2D eigenvalue weighted by atomic mass is 127. The molecule has 1 aliphatic carbocycles. The smallest absolute Gasteiger partial charge is 0.272 e. The van der Waals surface area contributed by atoms with E-state index in [2.05, 4.69) is 38.1 Å². The van der Waals surface area contributed by atoms with E-state index in [4.69, 9.17) is 11.6 Å². The maximum Gasteiger partial charge on any atom is 0.272 e. The van der Waals surface area contributed by atoms with E-state index in [1.807, 2.05) is 18.2 Å². The van der Waals surface area contributed by atoms with Gasteiger partial charge >= 0.3 is 0 Å². The monoisotopic (exact) mass is 566 g/mol. The summed E-state index contributed by atoms with van der Waals surface area (Å²) in [5.41, 5.74) is 1.36. The minimum Gasteiger partial charge on any atom is -0.348 e. The second kappa shape index (κ2) is 8.30. The number of nitrogens with one attached hydrogen (secondary N) is 2. The van der Waals surface area contributed by atoms with Gasteiger partial charge in [0.2, 0.25) is 5.91 Å². The molecule has 2 amide bonds. The minimum absolute atomic E-state index is 0.00231. The molecule has 0 unspecified atom stereocenters. The van der Waals surface area contributed by atoms with Crippen LogP contribution in [0.15, 0.2) is 36.4 Å². The van der Waals surface area contributed by atoms with E-state index in [1.165, 1.54) is 12.1 Å². The molecular formula is C23H21ClFIN4O2. The summed E-state index contributed by atoms with van der Waals surface area (Å²) in [4.78, 5) is 27.9. The average Bonchev–Trinajstić information content (AvgIpc) is 3.34. The van der Waals surface area contributed by atoms with Crippen LogP contribution in [0.4, 0.5) is 10.1 Å². The van der Waals surface area contributed by atoms with Crippen LogP contribution in [0.1, 0.15) is 42.6 Å². The van der Waals surface area contributed by atoms with Crippen LogP contribution in [-0.4, -0.2) is 34.6 Å². The Labute approximate surface area is 203 Å². The molecule has 1 aliphatic heterocycles. The summed E-state index contributed by atoms with van der Waals surface area (Å²) >= 11 is 8.40. The van der Waals surface area contributed by atoms with Gasteiger partial charge in [0.1, 0.15) is 5.82 Å². The molecule has 3 aromatic rings. The molecule has 0 atom stereocenters. The number of benzene rings is 2. The zero-order valence-corrected chi connectivity index (χ0v) is 20.0. The highest BCUT2D eigenvalue weighted by molar-refractivity contribution is 14.1. The topological polar surface area (TPSA) is 78.1 Å². The largest absolute Gasteiger partial charge is 0.348 e. The van der Waals surface area contributed by atoms with E-state index >= 15 is 0 Å². The fourth-order valence-corrected chi connectivity index (χ4v) is 6.00. The Kier molecular flexibility index (Phi) is 5.61. The van der Waals surface area contributed by atoms with Crippen LogP contribution in [0.3, 0.4) is 0 Å². The van der Waals surface area contributed by atoms with Crippen LogP contribution in [0.2, 0.25) is 5.02 Å². The normalized spacial score (nSPS) is 23.3. The number of H-pyrrole nitrogens is 1. The lowest BCUT2D eigenvalue weighted by atomic mass is 9.71. The molecule has 2 heterocycles. The fraction of sp³-hybridized carbons (Fsp3) is 0.348. The highest BCUT2D eigenvalue weighted by Gasteiger charge is 2.49. The van der Waals surface area contributed by atoms with E-state index in [0.717, 1.165) is 33.7 Å². The SMILES string of the molecule is O=C(NC1CCC2(CC1)CCN(c1ccc(F)cc1Cl)C2=O)c1n[nH]c2cccc(I)c12. The lowest BCUT2D eigenvalue weighted by molar-refractivity contribution is -0.127. The van der Waals surface area contributed by atoms with Gasteiger partial charge in [-0.05, 0) is 85.0 Å². The third-order valence-corrected chi connectivity index (χ3v) is 7.95. The van der Waals surface area contributed by atoms with E-state index < -0.39 is 11.2 Å². The van der Waals surface area contributed by atoms with Gasteiger partial charge in [-0.3, -0.25) is 14.7 Å². The average molecular weight is 567 g/mol. The third-order valence-electron chi connectivity index (χ3n) is 6.74. The summed E-state index contributed by atoms with van der Waals surface area (Å²) < 4.78 is 14.4. The van der Waals surface area contributed by atoms with Crippen LogP contribution < -0.4 is 10.2 Å². The predicted molar refractivity (Wildman–Crippen MR) is 129 cm³/mol. The summed E-state index contributed by atoms with van der Waals surface area (Å²) in [6, 6.07) is 9.90. The van der Waals surface area contributed by atoms with Crippen LogP contribution in [-0.2, 0) is 4.79 Å². The molecule has 2 aliphatic rings. The Bertz CT molecular complexity index is 1220. The molecule has 0 bridgehead atoms. The van der Waals surface area contributed by atoms with Crippen molar-refractivity contribution in [2.24, 2.45) is 5.41 Å². The summed E-state index contributed by atoms with van der Waals surface area (Å²) in [7, 11) is 0. The molecule has 2 fully saturated rings. The fourth-order valence-electron chi connectivity index (χ4n) is 4.98. The number of fused-ring (bicyclic) bond motifs is 1. The quantitative estimate of drug-likeness (QED) is 0.436. The van der Waals surface area contributed by atoms with E-state index in [-0.39, 0.29) is 22.9 Å². The van der Waals surface area contributed by atoms with Crippen LogP contribution in [0.25, 0.3) is 10.9 Å².